The molecule has 120 valence electrons. The lowest BCUT2D eigenvalue weighted by Crippen LogP contribution is -2.30. The second-order valence-electron chi connectivity index (χ2n) is 5.52. The predicted octanol–water partition coefficient (Wildman–Crippen LogP) is 3.73. The van der Waals surface area contributed by atoms with E-state index in [0.29, 0.717) is 12.1 Å². The molecule has 1 N–H and O–H groups in total. The number of carbonyl (C=O) groups is 2. The molecule has 1 saturated heterocycles. The number of carboxylic acid groups (broad SMARTS) is 1. The summed E-state index contributed by atoms with van der Waals surface area (Å²) >= 11 is 3.61. The number of amides is 1. The Balaban J connectivity index is 1.91. The third kappa shape index (κ3) is 3.40. The van der Waals surface area contributed by atoms with Gasteiger partial charge in [0, 0.05) is 26.8 Å². The van der Waals surface area contributed by atoms with E-state index in [1.54, 1.807) is 23.5 Å². The van der Waals surface area contributed by atoms with Crippen molar-refractivity contribution in [2.24, 2.45) is 0 Å². The number of hydrogen-bond acceptors (Lipinski definition) is 4. The molecule has 2 aromatic rings. The van der Waals surface area contributed by atoms with Gasteiger partial charge in [-0.1, -0.05) is 0 Å². The highest BCUT2D eigenvalue weighted by Crippen LogP contribution is 2.35. The van der Waals surface area contributed by atoms with E-state index in [-0.39, 0.29) is 17.5 Å². The van der Waals surface area contributed by atoms with Crippen LogP contribution in [0.4, 0.5) is 0 Å². The summed E-state index contributed by atoms with van der Waals surface area (Å²) < 4.78 is 0.742. The number of halogens is 1. The lowest BCUT2D eigenvalue weighted by Gasteiger charge is -2.23. The van der Waals surface area contributed by atoms with Crippen LogP contribution in [0.1, 0.15) is 50.3 Å². The number of aryl methyl sites for hydroxylation is 1. The van der Waals surface area contributed by atoms with Crippen molar-refractivity contribution in [2.45, 2.75) is 25.8 Å². The minimum atomic E-state index is -1.02. The molecule has 23 heavy (non-hydrogen) atoms. The van der Waals surface area contributed by atoms with Crippen LogP contribution in [0.2, 0.25) is 0 Å². The summed E-state index contributed by atoms with van der Waals surface area (Å²) in [5, 5.41) is 12.1. The van der Waals surface area contributed by atoms with Gasteiger partial charge in [0.1, 0.15) is 5.01 Å². The minimum absolute atomic E-state index is 0.00709. The third-order valence-corrected chi connectivity index (χ3v) is 5.51. The first-order valence-electron chi connectivity index (χ1n) is 7.22. The van der Waals surface area contributed by atoms with E-state index in [2.05, 4.69) is 4.98 Å². The van der Waals surface area contributed by atoms with E-state index in [1.807, 2.05) is 39.8 Å². The van der Waals surface area contributed by atoms with Gasteiger partial charge in [0.05, 0.1) is 11.6 Å². The summed E-state index contributed by atoms with van der Waals surface area (Å²) in [5.41, 5.74) is 1.53. The van der Waals surface area contributed by atoms with Gasteiger partial charge in [0.2, 0.25) is 0 Å². The minimum Gasteiger partial charge on any atom is -0.478 e. The van der Waals surface area contributed by atoms with Crippen molar-refractivity contribution in [3.63, 3.8) is 0 Å². The summed E-state index contributed by atoms with van der Waals surface area (Å²) in [6, 6.07) is 4.74. The maximum atomic E-state index is 12.9. The number of thiazole rings is 1. The topological polar surface area (TPSA) is 70.5 Å². The maximum absolute atomic E-state index is 12.9. The number of aromatic nitrogens is 1. The Labute approximate surface area is 151 Å². The van der Waals surface area contributed by atoms with Gasteiger partial charge in [-0.25, -0.2) is 9.78 Å². The molecule has 5 nitrogen and oxygen atoms in total. The molecule has 1 amide bonds. The maximum Gasteiger partial charge on any atom is 0.335 e. The molecular formula is C16H15IN2O3S. The number of hydrogen-bond donors (Lipinski definition) is 1. The summed E-state index contributed by atoms with van der Waals surface area (Å²) in [5.74, 6) is -1.15. The zero-order valence-electron chi connectivity index (χ0n) is 12.5. The normalized spacial score (nSPS) is 17.5. The summed E-state index contributed by atoms with van der Waals surface area (Å²) in [4.78, 5) is 30.4. The number of likely N-dealkylation sites (tertiary alicyclic amines) is 1. The first-order chi connectivity index (χ1) is 11.0. The largest absolute Gasteiger partial charge is 0.478 e. The number of rotatable bonds is 3. The fourth-order valence-electron chi connectivity index (χ4n) is 2.79. The Kier molecular flexibility index (Phi) is 4.67. The van der Waals surface area contributed by atoms with Crippen LogP contribution >= 0.6 is 33.9 Å². The summed E-state index contributed by atoms with van der Waals surface area (Å²) in [6.07, 6.45) is 1.83. The molecule has 7 heteroatoms. The molecule has 0 spiro atoms. The molecule has 1 atom stereocenters. The highest BCUT2D eigenvalue weighted by Gasteiger charge is 2.32. The molecule has 1 aliphatic heterocycles. The predicted molar refractivity (Wildman–Crippen MR) is 96.0 cm³/mol. The molecule has 3 rings (SSSR count). The fraction of sp³-hybridized carbons (Fsp3) is 0.312. The van der Waals surface area contributed by atoms with Crippen molar-refractivity contribution in [1.82, 2.24) is 9.88 Å². The lowest BCUT2D eigenvalue weighted by molar-refractivity contribution is 0.0696. The van der Waals surface area contributed by atoms with Gasteiger partial charge >= 0.3 is 5.97 Å². The van der Waals surface area contributed by atoms with E-state index < -0.39 is 5.97 Å². The van der Waals surface area contributed by atoms with E-state index in [4.69, 9.17) is 0 Å². The van der Waals surface area contributed by atoms with Crippen molar-refractivity contribution >= 4 is 45.8 Å². The number of aromatic carboxylic acids is 1. The Morgan fingerprint density at radius 3 is 2.74 bits per heavy atom. The molecule has 0 bridgehead atoms. The van der Waals surface area contributed by atoms with Crippen molar-refractivity contribution < 1.29 is 14.7 Å². The van der Waals surface area contributed by atoms with Crippen LogP contribution < -0.4 is 0 Å². The Hall–Kier alpha value is -1.48. The second kappa shape index (κ2) is 6.56. The molecule has 0 saturated carbocycles. The SMILES string of the molecule is Cc1csc(C2CCCN2C(=O)c2cc(I)cc(C(=O)O)c2)n1. The van der Waals surface area contributed by atoms with Crippen LogP contribution in [0.3, 0.4) is 0 Å². The smallest absolute Gasteiger partial charge is 0.335 e. The molecular weight excluding hydrogens is 427 g/mol. The fourth-order valence-corrected chi connectivity index (χ4v) is 4.41. The van der Waals surface area contributed by atoms with Crippen LogP contribution in [0.15, 0.2) is 23.6 Å². The first-order valence-corrected chi connectivity index (χ1v) is 9.18. The standard InChI is InChI=1S/C16H15IN2O3S/c1-9-8-23-14(18-9)13-3-2-4-19(13)15(20)10-5-11(16(21)22)7-12(17)6-10/h5-8,13H,2-4H2,1H3,(H,21,22). The van der Waals surface area contributed by atoms with Crippen molar-refractivity contribution in [2.75, 3.05) is 6.54 Å². The summed E-state index contributed by atoms with van der Waals surface area (Å²) in [7, 11) is 0. The number of carbonyl (C=O) groups excluding carboxylic acids is 1. The molecule has 1 aromatic carbocycles. The molecule has 1 aliphatic rings. The quantitative estimate of drug-likeness (QED) is 0.736. The van der Waals surface area contributed by atoms with Crippen molar-refractivity contribution in [3.8, 4) is 0 Å². The Morgan fingerprint density at radius 1 is 1.35 bits per heavy atom. The van der Waals surface area contributed by atoms with Crippen molar-refractivity contribution in [3.05, 3.63) is 49.0 Å². The zero-order valence-corrected chi connectivity index (χ0v) is 15.4. The van der Waals surface area contributed by atoms with Gasteiger partial charge in [-0.3, -0.25) is 4.79 Å². The zero-order chi connectivity index (χ0) is 16.6. The van der Waals surface area contributed by atoms with Gasteiger partial charge in [-0.15, -0.1) is 11.3 Å². The Bertz CT molecular complexity index is 774. The lowest BCUT2D eigenvalue weighted by atomic mass is 10.1. The van der Waals surface area contributed by atoms with Crippen LogP contribution in [-0.2, 0) is 0 Å². The monoisotopic (exact) mass is 442 g/mol. The molecule has 1 unspecified atom stereocenters. The van der Waals surface area contributed by atoms with Gasteiger partial charge in [0.25, 0.3) is 5.91 Å². The Morgan fingerprint density at radius 2 is 2.09 bits per heavy atom. The van der Waals surface area contributed by atoms with Crippen LogP contribution in [0.5, 0.6) is 0 Å². The van der Waals surface area contributed by atoms with Gasteiger partial charge in [-0.2, -0.15) is 0 Å². The highest BCUT2D eigenvalue weighted by molar-refractivity contribution is 14.1. The van der Waals surface area contributed by atoms with Crippen LogP contribution in [0, 0.1) is 10.5 Å². The molecule has 1 fully saturated rings. The first kappa shape index (κ1) is 16.4. The van der Waals surface area contributed by atoms with E-state index in [0.717, 1.165) is 27.1 Å². The van der Waals surface area contributed by atoms with Crippen LogP contribution in [0.25, 0.3) is 0 Å². The van der Waals surface area contributed by atoms with E-state index >= 15 is 0 Å². The number of nitrogens with zero attached hydrogens (tertiary/aromatic N) is 2. The van der Waals surface area contributed by atoms with Crippen molar-refractivity contribution in [1.29, 1.82) is 0 Å². The average molecular weight is 442 g/mol. The molecule has 0 aliphatic carbocycles. The van der Waals surface area contributed by atoms with Gasteiger partial charge in [0.15, 0.2) is 0 Å². The molecule has 2 heterocycles. The van der Waals surface area contributed by atoms with E-state index in [9.17, 15) is 14.7 Å². The second-order valence-corrected chi connectivity index (χ2v) is 7.65. The van der Waals surface area contributed by atoms with E-state index in [1.165, 1.54) is 6.07 Å². The van der Waals surface area contributed by atoms with Crippen LogP contribution in [-0.4, -0.2) is 33.4 Å². The average Bonchev–Trinajstić information content (AvgIpc) is 3.14. The van der Waals surface area contributed by atoms with Gasteiger partial charge < -0.3 is 10.0 Å². The number of benzene rings is 1. The highest BCUT2D eigenvalue weighted by atomic mass is 127. The van der Waals surface area contributed by atoms with Gasteiger partial charge in [-0.05, 0) is 60.6 Å². The number of carboxylic acids is 1. The summed E-state index contributed by atoms with van der Waals surface area (Å²) in [6.45, 7) is 2.62. The molecule has 1 aromatic heterocycles. The molecule has 0 radical (unpaired) electrons. The third-order valence-electron chi connectivity index (χ3n) is 3.83.